The first-order valence-electron chi connectivity index (χ1n) is 5.24. The smallest absolute Gasteiger partial charge is 0.209 e. The summed E-state index contributed by atoms with van der Waals surface area (Å²) in [5.41, 5.74) is 0. The number of hydrogen-bond acceptors (Lipinski definition) is 4. The summed E-state index contributed by atoms with van der Waals surface area (Å²) in [4.78, 5) is 4.19. The molecule has 1 heterocycles. The third-order valence-electron chi connectivity index (χ3n) is 2.21. The van der Waals surface area contributed by atoms with Crippen molar-refractivity contribution < 1.29 is 8.42 Å². The molecule has 7 heteroatoms. The molecule has 3 N–H and O–H groups in total. The summed E-state index contributed by atoms with van der Waals surface area (Å²) in [6.07, 6.45) is 4.19. The minimum Gasteiger partial charge on any atom is -0.334 e. The number of hydrogen-bond donors (Lipinski definition) is 2. The maximum atomic E-state index is 10.7. The van der Waals surface area contributed by atoms with Gasteiger partial charge >= 0.3 is 0 Å². The van der Waals surface area contributed by atoms with Crippen molar-refractivity contribution in [1.82, 2.24) is 14.9 Å². The van der Waals surface area contributed by atoms with Crippen LogP contribution in [-0.2, 0) is 23.1 Å². The lowest BCUT2D eigenvalue weighted by Crippen LogP contribution is -2.23. The predicted molar refractivity (Wildman–Crippen MR) is 62.2 cm³/mol. The van der Waals surface area contributed by atoms with Gasteiger partial charge in [-0.2, -0.15) is 0 Å². The average Bonchev–Trinajstić information content (AvgIpc) is 2.63. The number of imidazole rings is 1. The van der Waals surface area contributed by atoms with Crippen LogP contribution in [0.3, 0.4) is 0 Å². The minimum absolute atomic E-state index is 0.0161. The fourth-order valence-corrected chi connectivity index (χ4v) is 1.94. The van der Waals surface area contributed by atoms with Gasteiger partial charge in [0.25, 0.3) is 0 Å². The van der Waals surface area contributed by atoms with E-state index in [0.717, 1.165) is 12.4 Å². The molecule has 0 spiro atoms. The second kappa shape index (κ2) is 5.97. The molecule has 0 aliphatic carbocycles. The quantitative estimate of drug-likeness (QED) is 0.645. The Morgan fingerprint density at radius 2 is 2.31 bits per heavy atom. The summed E-state index contributed by atoms with van der Waals surface area (Å²) in [6.45, 7) is 4.19. The van der Waals surface area contributed by atoms with E-state index in [4.69, 9.17) is 5.14 Å². The predicted octanol–water partition coefficient (Wildman–Crippen LogP) is -0.329. The van der Waals surface area contributed by atoms with Crippen LogP contribution in [0.5, 0.6) is 0 Å². The maximum absolute atomic E-state index is 10.7. The summed E-state index contributed by atoms with van der Waals surface area (Å²) in [5.74, 6) is 0.973. The van der Waals surface area contributed by atoms with Crippen LogP contribution < -0.4 is 10.5 Å². The Labute approximate surface area is 95.9 Å². The van der Waals surface area contributed by atoms with Crippen molar-refractivity contribution in [2.75, 3.05) is 12.3 Å². The van der Waals surface area contributed by atoms with Gasteiger partial charge < -0.3 is 9.88 Å². The number of nitrogens with one attached hydrogen (secondary N) is 1. The molecule has 0 amide bonds. The van der Waals surface area contributed by atoms with Gasteiger partial charge in [0.05, 0.1) is 12.3 Å². The highest BCUT2D eigenvalue weighted by atomic mass is 32.2. The molecule has 0 saturated heterocycles. The van der Waals surface area contributed by atoms with Crippen molar-refractivity contribution in [1.29, 1.82) is 0 Å². The Morgan fingerprint density at radius 3 is 2.94 bits per heavy atom. The lowest BCUT2D eigenvalue weighted by atomic mass is 10.4. The third kappa shape index (κ3) is 4.73. The van der Waals surface area contributed by atoms with Crippen LogP contribution in [0.15, 0.2) is 12.4 Å². The van der Waals surface area contributed by atoms with Gasteiger partial charge in [-0.1, -0.05) is 0 Å². The standard InChI is InChI=1S/C9H18N4O2S/c1-2-13-6-5-12-9(13)8-11-4-3-7-16(10,14)15/h5-6,11H,2-4,7-8H2,1H3,(H2,10,14,15). The monoisotopic (exact) mass is 246 g/mol. The van der Waals surface area contributed by atoms with Crippen LogP contribution in [0.1, 0.15) is 19.2 Å². The number of aromatic nitrogens is 2. The van der Waals surface area contributed by atoms with Crippen LogP contribution >= 0.6 is 0 Å². The second-order valence-corrected chi connectivity index (χ2v) is 5.26. The minimum atomic E-state index is -3.33. The van der Waals surface area contributed by atoms with E-state index in [1.54, 1.807) is 6.20 Å². The zero-order valence-corrected chi connectivity index (χ0v) is 10.2. The second-order valence-electron chi connectivity index (χ2n) is 3.53. The lowest BCUT2D eigenvalue weighted by Gasteiger charge is -2.06. The van der Waals surface area contributed by atoms with Gasteiger partial charge in [-0.25, -0.2) is 18.5 Å². The van der Waals surface area contributed by atoms with Gasteiger partial charge in [-0.3, -0.25) is 0 Å². The van der Waals surface area contributed by atoms with Crippen LogP contribution in [-0.4, -0.2) is 30.3 Å². The Bertz CT molecular complexity index is 413. The molecule has 0 aromatic carbocycles. The van der Waals surface area contributed by atoms with Crippen molar-refractivity contribution >= 4 is 10.0 Å². The Morgan fingerprint density at radius 1 is 1.56 bits per heavy atom. The van der Waals surface area contributed by atoms with Gasteiger partial charge in [-0.05, 0) is 19.9 Å². The Kier molecular flexibility index (Phi) is 4.91. The number of nitrogens with two attached hydrogens (primary N) is 1. The van der Waals surface area contributed by atoms with Crippen molar-refractivity contribution in [3.8, 4) is 0 Å². The lowest BCUT2D eigenvalue weighted by molar-refractivity contribution is 0.583. The molecule has 0 fully saturated rings. The van der Waals surface area contributed by atoms with E-state index in [1.807, 2.05) is 17.7 Å². The highest BCUT2D eigenvalue weighted by Gasteiger charge is 2.02. The van der Waals surface area contributed by atoms with Gasteiger partial charge in [0, 0.05) is 18.9 Å². The van der Waals surface area contributed by atoms with Crippen LogP contribution in [0, 0.1) is 0 Å². The van der Waals surface area contributed by atoms with E-state index in [1.165, 1.54) is 0 Å². The van der Waals surface area contributed by atoms with Gasteiger partial charge in [0.15, 0.2) is 0 Å². The van der Waals surface area contributed by atoms with Crippen LogP contribution in [0.4, 0.5) is 0 Å². The highest BCUT2D eigenvalue weighted by molar-refractivity contribution is 7.89. The number of sulfonamides is 1. The van der Waals surface area contributed by atoms with E-state index < -0.39 is 10.0 Å². The maximum Gasteiger partial charge on any atom is 0.209 e. The van der Waals surface area contributed by atoms with Crippen LogP contribution in [0.2, 0.25) is 0 Å². The fourth-order valence-electron chi connectivity index (χ4n) is 1.39. The Hall–Kier alpha value is -0.920. The molecular weight excluding hydrogens is 228 g/mol. The number of primary sulfonamides is 1. The van der Waals surface area contributed by atoms with Crippen molar-refractivity contribution in [2.45, 2.75) is 26.4 Å². The summed E-state index contributed by atoms with van der Waals surface area (Å²) in [7, 11) is -3.33. The molecule has 16 heavy (non-hydrogen) atoms. The first-order chi connectivity index (χ1) is 7.53. The van der Waals surface area contributed by atoms with E-state index in [9.17, 15) is 8.42 Å². The normalized spacial score (nSPS) is 11.9. The number of aryl methyl sites for hydroxylation is 1. The number of nitrogens with zero attached hydrogens (tertiary/aromatic N) is 2. The first kappa shape index (κ1) is 13.1. The third-order valence-corrected chi connectivity index (χ3v) is 3.07. The van der Waals surface area contributed by atoms with Crippen molar-refractivity contribution in [2.24, 2.45) is 5.14 Å². The zero-order chi connectivity index (χ0) is 12.0. The first-order valence-corrected chi connectivity index (χ1v) is 6.95. The summed E-state index contributed by atoms with van der Waals surface area (Å²) >= 11 is 0. The van der Waals surface area contributed by atoms with Gasteiger partial charge in [-0.15, -0.1) is 0 Å². The molecule has 0 saturated carbocycles. The number of rotatable bonds is 7. The molecule has 1 aromatic heterocycles. The molecular formula is C9H18N4O2S. The van der Waals surface area contributed by atoms with E-state index >= 15 is 0 Å². The summed E-state index contributed by atoms with van der Waals surface area (Å²) in [5, 5.41) is 8.02. The molecule has 0 aliphatic rings. The molecule has 0 unspecified atom stereocenters. The summed E-state index contributed by atoms with van der Waals surface area (Å²) < 4.78 is 23.3. The van der Waals surface area contributed by atoms with E-state index in [-0.39, 0.29) is 5.75 Å². The topological polar surface area (TPSA) is 90.0 Å². The van der Waals surface area contributed by atoms with E-state index in [0.29, 0.717) is 19.5 Å². The molecule has 0 atom stereocenters. The molecule has 1 aromatic rings. The summed E-state index contributed by atoms with van der Waals surface area (Å²) in [6, 6.07) is 0. The highest BCUT2D eigenvalue weighted by Crippen LogP contribution is 1.96. The fraction of sp³-hybridized carbons (Fsp3) is 0.667. The van der Waals surface area contributed by atoms with Gasteiger partial charge in [0.2, 0.25) is 10.0 Å². The largest absolute Gasteiger partial charge is 0.334 e. The van der Waals surface area contributed by atoms with Gasteiger partial charge in [0.1, 0.15) is 5.82 Å². The van der Waals surface area contributed by atoms with Crippen molar-refractivity contribution in [3.63, 3.8) is 0 Å². The van der Waals surface area contributed by atoms with Crippen LogP contribution in [0.25, 0.3) is 0 Å². The molecule has 0 bridgehead atoms. The average molecular weight is 246 g/mol. The van der Waals surface area contributed by atoms with Crippen molar-refractivity contribution in [3.05, 3.63) is 18.2 Å². The molecule has 6 nitrogen and oxygen atoms in total. The SMILES string of the molecule is CCn1ccnc1CNCCCS(N)(=O)=O. The zero-order valence-electron chi connectivity index (χ0n) is 9.39. The molecule has 92 valence electrons. The molecule has 1 rings (SSSR count). The van der Waals surface area contributed by atoms with E-state index in [2.05, 4.69) is 10.3 Å². The molecule has 0 aliphatic heterocycles. The molecule has 0 radical (unpaired) electrons. The Balaban J connectivity index is 2.21.